The molecule has 3 aliphatic rings. The van der Waals surface area contributed by atoms with E-state index in [1.54, 1.807) is 25.1 Å². The molecule has 1 amide bonds. The van der Waals surface area contributed by atoms with Gasteiger partial charge in [-0.1, -0.05) is 30.3 Å². The average molecular weight is 503 g/mol. The molecule has 5 nitrogen and oxygen atoms in total. The highest BCUT2D eigenvalue weighted by molar-refractivity contribution is 6.02. The summed E-state index contributed by atoms with van der Waals surface area (Å²) in [5.74, 6) is -2.25. The van der Waals surface area contributed by atoms with Crippen molar-refractivity contribution in [3.63, 3.8) is 0 Å². The average Bonchev–Trinajstić information content (AvgIpc) is 3.82. The molecule has 0 saturated heterocycles. The lowest BCUT2D eigenvalue weighted by molar-refractivity contribution is 0.0526. The van der Waals surface area contributed by atoms with Gasteiger partial charge in [-0.3, -0.25) is 4.79 Å². The fraction of sp³-hybridized carbons (Fsp3) is 0.333. The Morgan fingerprint density at radius 2 is 1.73 bits per heavy atom. The number of fused-ring (bicyclic) bond motifs is 2. The zero-order valence-corrected chi connectivity index (χ0v) is 20.7. The minimum Gasteiger partial charge on any atom is -0.462 e. The largest absolute Gasteiger partial charge is 0.462 e. The summed E-state index contributed by atoms with van der Waals surface area (Å²) in [6, 6.07) is 17.1. The molecular weight excluding hydrogens is 474 g/mol. The van der Waals surface area contributed by atoms with Crippen molar-refractivity contribution in [2.75, 3.05) is 18.1 Å². The minimum absolute atomic E-state index is 0.0321. The van der Waals surface area contributed by atoms with Crippen LogP contribution in [0.5, 0.6) is 0 Å². The van der Waals surface area contributed by atoms with Gasteiger partial charge in [0.25, 0.3) is 5.91 Å². The van der Waals surface area contributed by atoms with E-state index in [2.05, 4.69) is 16.3 Å². The van der Waals surface area contributed by atoms with E-state index >= 15 is 0 Å². The number of anilines is 1. The van der Waals surface area contributed by atoms with Gasteiger partial charge in [-0.05, 0) is 79.6 Å². The number of hydrogen-bond acceptors (Lipinski definition) is 4. The van der Waals surface area contributed by atoms with Crippen LogP contribution in [0.25, 0.3) is 0 Å². The van der Waals surface area contributed by atoms with Crippen LogP contribution in [0.1, 0.15) is 70.0 Å². The van der Waals surface area contributed by atoms with Crippen molar-refractivity contribution in [3.05, 3.63) is 100 Å². The number of carbonyl (C=O) groups is 2. The number of amides is 1. The molecule has 3 aromatic rings. The molecule has 0 bridgehead atoms. The van der Waals surface area contributed by atoms with E-state index in [4.69, 9.17) is 4.74 Å². The Morgan fingerprint density at radius 3 is 2.38 bits per heavy atom. The number of carbonyl (C=O) groups excluding carboxylic acids is 2. The zero-order chi connectivity index (χ0) is 25.8. The lowest BCUT2D eigenvalue weighted by Crippen LogP contribution is -2.36. The summed E-state index contributed by atoms with van der Waals surface area (Å²) >= 11 is 0. The molecule has 6 rings (SSSR count). The van der Waals surface area contributed by atoms with Gasteiger partial charge in [0.05, 0.1) is 29.0 Å². The lowest BCUT2D eigenvalue weighted by Gasteiger charge is -2.24. The first kappa shape index (κ1) is 23.6. The molecule has 0 atom stereocenters. The van der Waals surface area contributed by atoms with E-state index in [9.17, 15) is 18.4 Å². The van der Waals surface area contributed by atoms with Gasteiger partial charge in [-0.25, -0.2) is 13.6 Å². The van der Waals surface area contributed by atoms with Gasteiger partial charge in [0.1, 0.15) is 0 Å². The van der Waals surface area contributed by atoms with Gasteiger partial charge in [0.15, 0.2) is 11.6 Å². The van der Waals surface area contributed by atoms with Gasteiger partial charge in [-0.15, -0.1) is 0 Å². The predicted molar refractivity (Wildman–Crippen MR) is 136 cm³/mol. The van der Waals surface area contributed by atoms with E-state index in [-0.39, 0.29) is 17.3 Å². The third-order valence-electron chi connectivity index (χ3n) is 7.92. The SMILES string of the molecule is CCOC(=O)c1ccc(C2(NC(=O)c3cccc4c3N(Cc3ccc(F)c(F)c3)CC43CC3)CC2)cc1. The molecule has 1 heterocycles. The number of ether oxygens (including phenoxy) is 1. The number of halogens is 2. The predicted octanol–water partition coefficient (Wildman–Crippen LogP) is 5.61. The zero-order valence-electron chi connectivity index (χ0n) is 20.7. The number of esters is 1. The van der Waals surface area contributed by atoms with Crippen LogP contribution < -0.4 is 10.2 Å². The monoisotopic (exact) mass is 502 g/mol. The third kappa shape index (κ3) is 4.16. The first-order valence-electron chi connectivity index (χ1n) is 12.8. The van der Waals surface area contributed by atoms with Crippen LogP contribution in [0, 0.1) is 11.6 Å². The Kier molecular flexibility index (Phi) is 5.55. The van der Waals surface area contributed by atoms with Crippen LogP contribution >= 0.6 is 0 Å². The fourth-order valence-electron chi connectivity index (χ4n) is 5.63. The molecule has 2 saturated carbocycles. The van der Waals surface area contributed by atoms with Crippen LogP contribution in [0.4, 0.5) is 14.5 Å². The fourth-order valence-corrected chi connectivity index (χ4v) is 5.63. The van der Waals surface area contributed by atoms with E-state index in [1.807, 2.05) is 24.3 Å². The van der Waals surface area contributed by atoms with E-state index < -0.39 is 17.2 Å². The van der Waals surface area contributed by atoms with E-state index in [0.29, 0.717) is 29.8 Å². The molecule has 1 N–H and O–H groups in total. The smallest absolute Gasteiger partial charge is 0.338 e. The molecule has 0 aromatic heterocycles. The molecule has 0 unspecified atom stereocenters. The van der Waals surface area contributed by atoms with Crippen LogP contribution in [-0.4, -0.2) is 25.0 Å². The second-order valence-electron chi connectivity index (χ2n) is 10.4. The molecule has 3 aromatic carbocycles. The van der Waals surface area contributed by atoms with Gasteiger partial charge in [0.2, 0.25) is 0 Å². The molecule has 1 spiro atoms. The maximum Gasteiger partial charge on any atom is 0.338 e. The molecular formula is C30H28F2N2O3. The first-order valence-corrected chi connectivity index (χ1v) is 12.8. The van der Waals surface area contributed by atoms with Crippen molar-refractivity contribution in [2.24, 2.45) is 0 Å². The van der Waals surface area contributed by atoms with Crippen LogP contribution in [0.15, 0.2) is 60.7 Å². The van der Waals surface area contributed by atoms with Gasteiger partial charge in [-0.2, -0.15) is 0 Å². The number of nitrogens with one attached hydrogen (secondary N) is 1. The van der Waals surface area contributed by atoms with Gasteiger partial charge >= 0.3 is 5.97 Å². The molecule has 190 valence electrons. The van der Waals surface area contributed by atoms with Gasteiger partial charge < -0.3 is 15.0 Å². The first-order chi connectivity index (χ1) is 17.8. The summed E-state index contributed by atoms with van der Waals surface area (Å²) < 4.78 is 32.5. The van der Waals surface area contributed by atoms with E-state index in [1.165, 1.54) is 6.07 Å². The van der Waals surface area contributed by atoms with Crippen LogP contribution in [-0.2, 0) is 22.2 Å². The highest BCUT2D eigenvalue weighted by atomic mass is 19.2. The molecule has 7 heteroatoms. The summed E-state index contributed by atoms with van der Waals surface area (Å²) in [6.07, 6.45) is 3.73. The third-order valence-corrected chi connectivity index (χ3v) is 7.92. The maximum absolute atomic E-state index is 13.9. The molecule has 0 radical (unpaired) electrons. The number of para-hydroxylation sites is 1. The maximum atomic E-state index is 13.9. The molecule has 1 aliphatic heterocycles. The van der Waals surface area contributed by atoms with Crippen molar-refractivity contribution >= 4 is 17.6 Å². The van der Waals surface area contributed by atoms with Crippen molar-refractivity contribution in [2.45, 2.75) is 50.1 Å². The molecule has 2 aliphatic carbocycles. The van der Waals surface area contributed by atoms with Gasteiger partial charge in [0, 0.05) is 18.5 Å². The van der Waals surface area contributed by atoms with Crippen LogP contribution in [0.3, 0.4) is 0 Å². The number of rotatable bonds is 7. The summed E-state index contributed by atoms with van der Waals surface area (Å²) in [5.41, 5.74) is 4.31. The second-order valence-corrected chi connectivity index (χ2v) is 10.4. The number of hydrogen-bond donors (Lipinski definition) is 1. The van der Waals surface area contributed by atoms with E-state index in [0.717, 1.165) is 55.1 Å². The quantitative estimate of drug-likeness (QED) is 0.427. The van der Waals surface area contributed by atoms with Crippen LogP contribution in [0.2, 0.25) is 0 Å². The Morgan fingerprint density at radius 1 is 0.973 bits per heavy atom. The minimum atomic E-state index is -0.867. The Balaban J connectivity index is 1.27. The second kappa shape index (κ2) is 8.68. The highest BCUT2D eigenvalue weighted by Crippen LogP contribution is 2.57. The van der Waals surface area contributed by atoms with Crippen molar-refractivity contribution < 1.29 is 23.1 Å². The molecule has 2 fully saturated rings. The summed E-state index contributed by atoms with van der Waals surface area (Å²) in [5, 5.41) is 3.26. The Bertz CT molecular complexity index is 1390. The molecule has 37 heavy (non-hydrogen) atoms. The Hall–Kier alpha value is -3.74. The number of benzene rings is 3. The number of nitrogens with zero attached hydrogens (tertiary/aromatic N) is 1. The normalized spacial score (nSPS) is 17.9. The topological polar surface area (TPSA) is 58.6 Å². The summed E-state index contributed by atoms with van der Waals surface area (Å²) in [4.78, 5) is 27.8. The Labute approximate surface area is 214 Å². The summed E-state index contributed by atoms with van der Waals surface area (Å²) in [7, 11) is 0. The van der Waals surface area contributed by atoms with Crippen molar-refractivity contribution in [1.82, 2.24) is 5.32 Å². The summed E-state index contributed by atoms with van der Waals surface area (Å²) in [6.45, 7) is 3.24. The van der Waals surface area contributed by atoms with Crippen molar-refractivity contribution in [1.29, 1.82) is 0 Å². The van der Waals surface area contributed by atoms with Crippen molar-refractivity contribution in [3.8, 4) is 0 Å². The standard InChI is InChI=1S/C30H28F2N2O3/c1-2-37-28(36)20-7-9-21(10-8-20)30(14-15-30)33-27(35)22-4-3-5-23-26(22)34(18-29(23)12-13-29)17-19-6-11-24(31)25(32)16-19/h3-11,16H,2,12-15,17-18H2,1H3,(H,33,35). The highest BCUT2D eigenvalue weighted by Gasteiger charge is 2.53. The lowest BCUT2D eigenvalue weighted by atomic mass is 9.96.